The Labute approximate surface area is 102 Å². The predicted octanol–water partition coefficient (Wildman–Crippen LogP) is 2.73. The molecule has 2 heteroatoms. The Bertz CT molecular complexity index is 183. The number of hydrogen-bond acceptors (Lipinski definition) is 2. The minimum Gasteiger partial charge on any atom is -0.330 e. The van der Waals surface area contributed by atoms with Crippen molar-refractivity contribution in [3.8, 4) is 0 Å². The number of hydrogen-bond donors (Lipinski definition) is 1. The highest BCUT2D eigenvalue weighted by Gasteiger charge is 2.23. The van der Waals surface area contributed by atoms with Crippen molar-refractivity contribution in [3.05, 3.63) is 0 Å². The third kappa shape index (κ3) is 4.06. The van der Waals surface area contributed by atoms with Gasteiger partial charge in [0.25, 0.3) is 0 Å². The van der Waals surface area contributed by atoms with Gasteiger partial charge in [-0.3, -0.25) is 0 Å². The zero-order chi connectivity index (χ0) is 12.1. The summed E-state index contributed by atoms with van der Waals surface area (Å²) in [6, 6.07) is 0.809. The van der Waals surface area contributed by atoms with Gasteiger partial charge in [-0.1, -0.05) is 20.8 Å². The molecule has 1 aliphatic rings. The molecule has 1 fully saturated rings. The first-order valence-electron chi connectivity index (χ1n) is 6.94. The topological polar surface area (TPSA) is 29.3 Å². The Morgan fingerprint density at radius 2 is 1.75 bits per heavy atom. The van der Waals surface area contributed by atoms with Crippen LogP contribution < -0.4 is 5.73 Å². The summed E-state index contributed by atoms with van der Waals surface area (Å²) in [5, 5.41) is 0. The molecule has 96 valence electrons. The van der Waals surface area contributed by atoms with E-state index >= 15 is 0 Å². The van der Waals surface area contributed by atoms with Crippen molar-refractivity contribution in [2.75, 3.05) is 20.1 Å². The maximum Gasteiger partial charge on any atom is 0.00925 e. The van der Waals surface area contributed by atoms with E-state index in [4.69, 9.17) is 5.73 Å². The lowest BCUT2D eigenvalue weighted by Gasteiger charge is -2.36. The smallest absolute Gasteiger partial charge is 0.00925 e. The number of rotatable bonds is 5. The second kappa shape index (κ2) is 6.61. The second-order valence-electron chi connectivity index (χ2n) is 6.09. The quantitative estimate of drug-likeness (QED) is 0.781. The fraction of sp³-hybridized carbons (Fsp3) is 1.00. The fourth-order valence-corrected chi connectivity index (χ4v) is 2.76. The number of nitrogens with two attached hydrogens (primary N) is 1. The van der Waals surface area contributed by atoms with E-state index < -0.39 is 0 Å². The Hall–Kier alpha value is -0.0800. The summed E-state index contributed by atoms with van der Waals surface area (Å²) < 4.78 is 0. The van der Waals surface area contributed by atoms with Crippen molar-refractivity contribution >= 4 is 0 Å². The zero-order valence-corrected chi connectivity index (χ0v) is 11.6. The zero-order valence-electron chi connectivity index (χ0n) is 11.6. The molecule has 16 heavy (non-hydrogen) atoms. The van der Waals surface area contributed by atoms with Crippen LogP contribution in [0.25, 0.3) is 0 Å². The van der Waals surface area contributed by atoms with E-state index in [1.54, 1.807) is 0 Å². The minimum atomic E-state index is 0.657. The average molecular weight is 226 g/mol. The molecule has 0 heterocycles. The molecule has 0 aromatic heterocycles. The van der Waals surface area contributed by atoms with Gasteiger partial charge in [-0.25, -0.2) is 0 Å². The van der Waals surface area contributed by atoms with Crippen LogP contribution in [-0.4, -0.2) is 31.1 Å². The third-order valence-electron chi connectivity index (χ3n) is 4.38. The molecule has 0 amide bonds. The SMILES string of the molecule is CC1CCC(N(C)CC(CN)C(C)C)CC1. The van der Waals surface area contributed by atoms with Crippen LogP contribution in [0.4, 0.5) is 0 Å². The minimum absolute atomic E-state index is 0.657. The van der Waals surface area contributed by atoms with Gasteiger partial charge in [0.15, 0.2) is 0 Å². The van der Waals surface area contributed by atoms with Crippen molar-refractivity contribution in [1.82, 2.24) is 4.90 Å². The van der Waals surface area contributed by atoms with Crippen LogP contribution in [0.15, 0.2) is 0 Å². The highest BCUT2D eigenvalue weighted by Crippen LogP contribution is 2.27. The summed E-state index contributed by atoms with van der Waals surface area (Å²) in [6.45, 7) is 8.95. The van der Waals surface area contributed by atoms with Crippen molar-refractivity contribution in [2.24, 2.45) is 23.5 Å². The van der Waals surface area contributed by atoms with Crippen LogP contribution in [0.2, 0.25) is 0 Å². The summed E-state index contributed by atoms with van der Waals surface area (Å²) in [5.74, 6) is 2.30. The summed E-state index contributed by atoms with van der Waals surface area (Å²) in [7, 11) is 2.28. The van der Waals surface area contributed by atoms with Gasteiger partial charge < -0.3 is 10.6 Å². The molecule has 0 radical (unpaired) electrons. The first-order valence-corrected chi connectivity index (χ1v) is 6.94. The van der Waals surface area contributed by atoms with Crippen LogP contribution in [0.5, 0.6) is 0 Å². The maximum atomic E-state index is 5.85. The molecule has 2 N–H and O–H groups in total. The Balaban J connectivity index is 2.36. The van der Waals surface area contributed by atoms with Gasteiger partial charge in [0.2, 0.25) is 0 Å². The van der Waals surface area contributed by atoms with Crippen LogP contribution in [0.1, 0.15) is 46.5 Å². The lowest BCUT2D eigenvalue weighted by atomic mass is 9.86. The van der Waals surface area contributed by atoms with E-state index in [0.29, 0.717) is 11.8 Å². The molecule has 1 rings (SSSR count). The van der Waals surface area contributed by atoms with Crippen LogP contribution in [0, 0.1) is 17.8 Å². The van der Waals surface area contributed by atoms with E-state index in [2.05, 4.69) is 32.7 Å². The van der Waals surface area contributed by atoms with Crippen LogP contribution in [0.3, 0.4) is 0 Å². The molecule has 0 aliphatic heterocycles. The van der Waals surface area contributed by atoms with Gasteiger partial charge in [-0.2, -0.15) is 0 Å². The summed E-state index contributed by atoms with van der Waals surface area (Å²) in [6.07, 6.45) is 5.58. The molecular formula is C14H30N2. The molecular weight excluding hydrogens is 196 g/mol. The molecule has 1 atom stereocenters. The van der Waals surface area contributed by atoms with Gasteiger partial charge in [0, 0.05) is 12.6 Å². The molecule has 2 nitrogen and oxygen atoms in total. The van der Waals surface area contributed by atoms with Gasteiger partial charge in [-0.05, 0) is 57.0 Å². The lowest BCUT2D eigenvalue weighted by molar-refractivity contribution is 0.138. The molecule has 0 saturated heterocycles. The van der Waals surface area contributed by atoms with Gasteiger partial charge in [0.1, 0.15) is 0 Å². The first-order chi connectivity index (χ1) is 7.54. The highest BCUT2D eigenvalue weighted by molar-refractivity contribution is 4.78. The Morgan fingerprint density at radius 1 is 1.19 bits per heavy atom. The normalized spacial score (nSPS) is 28.7. The molecule has 0 spiro atoms. The molecule has 1 saturated carbocycles. The van der Waals surface area contributed by atoms with Gasteiger partial charge >= 0.3 is 0 Å². The van der Waals surface area contributed by atoms with Crippen molar-refractivity contribution < 1.29 is 0 Å². The second-order valence-corrected chi connectivity index (χ2v) is 6.09. The Morgan fingerprint density at radius 3 is 2.19 bits per heavy atom. The Kier molecular flexibility index (Phi) is 5.77. The maximum absolute atomic E-state index is 5.85. The van der Waals surface area contributed by atoms with Crippen molar-refractivity contribution in [3.63, 3.8) is 0 Å². The molecule has 0 aromatic carbocycles. The summed E-state index contributed by atoms with van der Waals surface area (Å²) in [4.78, 5) is 2.56. The highest BCUT2D eigenvalue weighted by atomic mass is 15.1. The molecule has 1 aliphatic carbocycles. The van der Waals surface area contributed by atoms with Crippen molar-refractivity contribution in [2.45, 2.75) is 52.5 Å². The molecule has 0 aromatic rings. The first kappa shape index (κ1) is 14.0. The lowest BCUT2D eigenvalue weighted by Crippen LogP contribution is -2.40. The third-order valence-corrected chi connectivity index (χ3v) is 4.38. The van der Waals surface area contributed by atoms with Crippen molar-refractivity contribution in [1.29, 1.82) is 0 Å². The van der Waals surface area contributed by atoms with Gasteiger partial charge in [-0.15, -0.1) is 0 Å². The fourth-order valence-electron chi connectivity index (χ4n) is 2.76. The number of nitrogens with zero attached hydrogens (tertiary/aromatic N) is 1. The monoisotopic (exact) mass is 226 g/mol. The van der Waals surface area contributed by atoms with Gasteiger partial charge in [0.05, 0.1) is 0 Å². The summed E-state index contributed by atoms with van der Waals surface area (Å²) in [5.41, 5.74) is 5.85. The van der Waals surface area contributed by atoms with E-state index in [1.807, 2.05) is 0 Å². The van der Waals surface area contributed by atoms with E-state index in [9.17, 15) is 0 Å². The van der Waals surface area contributed by atoms with Crippen LogP contribution >= 0.6 is 0 Å². The standard InChI is InChI=1S/C14H30N2/c1-11(2)13(9-15)10-16(4)14-7-5-12(3)6-8-14/h11-14H,5-10,15H2,1-4H3. The molecule has 1 unspecified atom stereocenters. The van der Waals surface area contributed by atoms with Crippen LogP contribution in [-0.2, 0) is 0 Å². The van der Waals surface area contributed by atoms with E-state index in [-0.39, 0.29) is 0 Å². The molecule has 0 bridgehead atoms. The largest absolute Gasteiger partial charge is 0.330 e. The predicted molar refractivity (Wildman–Crippen MR) is 71.4 cm³/mol. The van der Waals surface area contributed by atoms with E-state index in [1.165, 1.54) is 32.2 Å². The average Bonchev–Trinajstić information content (AvgIpc) is 2.26. The van der Waals surface area contributed by atoms with E-state index in [0.717, 1.165) is 18.5 Å². The summed E-state index contributed by atoms with van der Waals surface area (Å²) >= 11 is 0.